The molecule has 2 N–H and O–H groups in total. The predicted octanol–water partition coefficient (Wildman–Crippen LogP) is 2.12. The largest absolute Gasteiger partial charge is 0.377 e. The average molecular weight is 211 g/mol. The van der Waals surface area contributed by atoms with Crippen molar-refractivity contribution in [1.29, 1.82) is 0 Å². The van der Waals surface area contributed by atoms with Crippen molar-refractivity contribution in [2.75, 3.05) is 6.61 Å². The van der Waals surface area contributed by atoms with Gasteiger partial charge in [0.05, 0.1) is 12.7 Å². The minimum Gasteiger partial charge on any atom is -0.377 e. The topological polar surface area (TPSA) is 35.2 Å². The Morgan fingerprint density at radius 3 is 2.73 bits per heavy atom. The first kappa shape index (κ1) is 12.1. The van der Waals surface area contributed by atoms with Crippen LogP contribution in [0.1, 0.15) is 19.4 Å². The lowest BCUT2D eigenvalue weighted by atomic mass is 10.1. The van der Waals surface area contributed by atoms with Gasteiger partial charge in [-0.2, -0.15) is 0 Å². The van der Waals surface area contributed by atoms with Crippen LogP contribution in [0.2, 0.25) is 0 Å². The number of rotatable bonds is 5. The molecule has 1 rings (SSSR count). The molecular formula is C12H18FNO. The maximum Gasteiger partial charge on any atom is 0.123 e. The highest BCUT2D eigenvalue weighted by atomic mass is 19.1. The molecule has 1 aromatic carbocycles. The van der Waals surface area contributed by atoms with Gasteiger partial charge in [0.25, 0.3) is 0 Å². The fraction of sp³-hybridized carbons (Fsp3) is 0.500. The minimum atomic E-state index is -0.218. The molecule has 0 saturated carbocycles. The summed E-state index contributed by atoms with van der Waals surface area (Å²) in [7, 11) is 0. The van der Waals surface area contributed by atoms with E-state index in [2.05, 4.69) is 0 Å². The van der Waals surface area contributed by atoms with Gasteiger partial charge in [-0.1, -0.05) is 12.1 Å². The van der Waals surface area contributed by atoms with E-state index in [-0.39, 0.29) is 18.0 Å². The Kier molecular flexibility index (Phi) is 4.72. The van der Waals surface area contributed by atoms with E-state index in [9.17, 15) is 4.39 Å². The molecule has 0 bridgehead atoms. The summed E-state index contributed by atoms with van der Waals surface area (Å²) in [6.45, 7) is 4.44. The molecule has 0 fully saturated rings. The van der Waals surface area contributed by atoms with Gasteiger partial charge in [-0.05, 0) is 38.0 Å². The summed E-state index contributed by atoms with van der Waals surface area (Å²) in [6, 6.07) is 6.43. The molecule has 0 aliphatic carbocycles. The standard InChI is InChI=1S/C12H18FNO/c1-9(2)15-8-12(14)7-10-4-3-5-11(13)6-10/h3-6,9,12H,7-8,14H2,1-2H3. The summed E-state index contributed by atoms with van der Waals surface area (Å²) in [5.74, 6) is -0.218. The monoisotopic (exact) mass is 211 g/mol. The van der Waals surface area contributed by atoms with E-state index in [1.807, 2.05) is 19.9 Å². The van der Waals surface area contributed by atoms with Crippen LogP contribution in [0.4, 0.5) is 4.39 Å². The second kappa shape index (κ2) is 5.83. The number of nitrogens with two attached hydrogens (primary N) is 1. The average Bonchev–Trinajstić information content (AvgIpc) is 2.15. The second-order valence-corrected chi connectivity index (χ2v) is 3.98. The van der Waals surface area contributed by atoms with Gasteiger partial charge in [-0.25, -0.2) is 4.39 Å². The second-order valence-electron chi connectivity index (χ2n) is 3.98. The summed E-state index contributed by atoms with van der Waals surface area (Å²) < 4.78 is 18.2. The van der Waals surface area contributed by atoms with Crippen LogP contribution in [0.15, 0.2) is 24.3 Å². The first-order chi connectivity index (χ1) is 7.08. The molecule has 1 atom stereocenters. The summed E-state index contributed by atoms with van der Waals surface area (Å²) in [5, 5.41) is 0. The van der Waals surface area contributed by atoms with E-state index in [0.717, 1.165) is 5.56 Å². The van der Waals surface area contributed by atoms with E-state index >= 15 is 0 Å². The lowest BCUT2D eigenvalue weighted by Crippen LogP contribution is -2.30. The number of hydrogen-bond acceptors (Lipinski definition) is 2. The molecule has 0 amide bonds. The molecule has 1 unspecified atom stereocenters. The summed E-state index contributed by atoms with van der Waals surface area (Å²) in [4.78, 5) is 0. The quantitative estimate of drug-likeness (QED) is 0.809. The van der Waals surface area contributed by atoms with Gasteiger partial charge >= 0.3 is 0 Å². The summed E-state index contributed by atoms with van der Waals surface area (Å²) in [6.07, 6.45) is 0.827. The van der Waals surface area contributed by atoms with Gasteiger partial charge in [0.2, 0.25) is 0 Å². The summed E-state index contributed by atoms with van der Waals surface area (Å²) in [5.41, 5.74) is 6.77. The zero-order chi connectivity index (χ0) is 11.3. The predicted molar refractivity (Wildman–Crippen MR) is 59.2 cm³/mol. The van der Waals surface area contributed by atoms with Crippen molar-refractivity contribution in [2.45, 2.75) is 32.4 Å². The van der Waals surface area contributed by atoms with Crippen LogP contribution in [-0.2, 0) is 11.2 Å². The Labute approximate surface area is 90.2 Å². The molecule has 3 heteroatoms. The third-order valence-corrected chi connectivity index (χ3v) is 2.03. The van der Waals surface area contributed by atoms with E-state index in [1.54, 1.807) is 6.07 Å². The highest BCUT2D eigenvalue weighted by Crippen LogP contribution is 2.06. The Balaban J connectivity index is 2.40. The van der Waals surface area contributed by atoms with Crippen molar-refractivity contribution >= 4 is 0 Å². The van der Waals surface area contributed by atoms with Crippen molar-refractivity contribution < 1.29 is 9.13 Å². The van der Waals surface area contributed by atoms with Gasteiger partial charge in [-0.15, -0.1) is 0 Å². The maximum atomic E-state index is 12.9. The first-order valence-electron chi connectivity index (χ1n) is 5.19. The Morgan fingerprint density at radius 1 is 1.40 bits per heavy atom. The third-order valence-electron chi connectivity index (χ3n) is 2.03. The molecule has 2 nitrogen and oxygen atoms in total. The van der Waals surface area contributed by atoms with Crippen molar-refractivity contribution in [2.24, 2.45) is 5.73 Å². The molecule has 0 aromatic heterocycles. The van der Waals surface area contributed by atoms with Crippen LogP contribution in [0.3, 0.4) is 0 Å². The first-order valence-corrected chi connectivity index (χ1v) is 5.19. The highest BCUT2D eigenvalue weighted by molar-refractivity contribution is 5.17. The van der Waals surface area contributed by atoms with Crippen LogP contribution in [0.25, 0.3) is 0 Å². The molecule has 0 spiro atoms. The van der Waals surface area contributed by atoms with E-state index in [0.29, 0.717) is 13.0 Å². The van der Waals surface area contributed by atoms with Gasteiger partial charge < -0.3 is 10.5 Å². The van der Waals surface area contributed by atoms with E-state index in [4.69, 9.17) is 10.5 Å². The smallest absolute Gasteiger partial charge is 0.123 e. The van der Waals surface area contributed by atoms with Gasteiger partial charge in [-0.3, -0.25) is 0 Å². The minimum absolute atomic E-state index is 0.0748. The van der Waals surface area contributed by atoms with Crippen molar-refractivity contribution in [3.05, 3.63) is 35.6 Å². The number of ether oxygens (including phenoxy) is 1. The fourth-order valence-electron chi connectivity index (χ4n) is 1.34. The van der Waals surface area contributed by atoms with Gasteiger partial charge in [0, 0.05) is 6.04 Å². The molecule has 0 aliphatic rings. The van der Waals surface area contributed by atoms with Gasteiger partial charge in [0.1, 0.15) is 5.82 Å². The van der Waals surface area contributed by atoms with E-state index in [1.165, 1.54) is 12.1 Å². The molecule has 15 heavy (non-hydrogen) atoms. The van der Waals surface area contributed by atoms with Crippen LogP contribution in [-0.4, -0.2) is 18.8 Å². The van der Waals surface area contributed by atoms with Crippen LogP contribution in [0, 0.1) is 5.82 Å². The fourth-order valence-corrected chi connectivity index (χ4v) is 1.34. The molecular weight excluding hydrogens is 193 g/mol. The molecule has 0 aliphatic heterocycles. The van der Waals surface area contributed by atoms with E-state index < -0.39 is 0 Å². The van der Waals surface area contributed by atoms with Crippen molar-refractivity contribution in [3.8, 4) is 0 Å². The Morgan fingerprint density at radius 2 is 2.13 bits per heavy atom. The zero-order valence-electron chi connectivity index (χ0n) is 9.24. The number of benzene rings is 1. The highest BCUT2D eigenvalue weighted by Gasteiger charge is 2.06. The molecule has 1 aromatic rings. The van der Waals surface area contributed by atoms with Crippen LogP contribution in [0.5, 0.6) is 0 Å². The number of halogens is 1. The molecule has 0 saturated heterocycles. The van der Waals surface area contributed by atoms with Crippen molar-refractivity contribution in [1.82, 2.24) is 0 Å². The molecule has 0 heterocycles. The molecule has 0 radical (unpaired) electrons. The molecule has 84 valence electrons. The van der Waals surface area contributed by atoms with Crippen LogP contribution >= 0.6 is 0 Å². The number of hydrogen-bond donors (Lipinski definition) is 1. The Bertz CT molecular complexity index is 301. The Hall–Kier alpha value is -0.930. The van der Waals surface area contributed by atoms with Crippen LogP contribution < -0.4 is 5.73 Å². The lowest BCUT2D eigenvalue weighted by Gasteiger charge is -2.14. The summed E-state index contributed by atoms with van der Waals surface area (Å²) >= 11 is 0. The van der Waals surface area contributed by atoms with Crippen molar-refractivity contribution in [3.63, 3.8) is 0 Å². The SMILES string of the molecule is CC(C)OCC(N)Cc1cccc(F)c1. The lowest BCUT2D eigenvalue weighted by molar-refractivity contribution is 0.0684. The third kappa shape index (κ3) is 4.91. The maximum absolute atomic E-state index is 12.9. The van der Waals surface area contributed by atoms with Gasteiger partial charge in [0.15, 0.2) is 0 Å². The zero-order valence-corrected chi connectivity index (χ0v) is 9.24. The normalized spacial score (nSPS) is 13.1.